The minimum absolute atomic E-state index is 0.318. The van der Waals surface area contributed by atoms with Gasteiger partial charge in [-0.1, -0.05) is 0 Å². The molecule has 1 aromatic rings. The summed E-state index contributed by atoms with van der Waals surface area (Å²) in [6.07, 6.45) is 1.62. The first-order valence-corrected chi connectivity index (χ1v) is 4.27. The third-order valence-corrected chi connectivity index (χ3v) is 1.98. The van der Waals surface area contributed by atoms with Gasteiger partial charge in [-0.15, -0.1) is 0 Å². The summed E-state index contributed by atoms with van der Waals surface area (Å²) in [6, 6.07) is 3.52. The highest BCUT2D eigenvalue weighted by Crippen LogP contribution is 2.24. The standard InChI is InChI=1S/C10H13NO3/c1-7(10(12)14-3)9-8(13-2)5-4-6-11-9/h4-7H,1-3H3. The second-order valence-corrected chi connectivity index (χ2v) is 2.84. The maximum atomic E-state index is 11.3. The lowest BCUT2D eigenvalue weighted by Gasteiger charge is -2.11. The van der Waals surface area contributed by atoms with E-state index in [0.717, 1.165) is 0 Å². The third-order valence-electron chi connectivity index (χ3n) is 1.98. The summed E-state index contributed by atoms with van der Waals surface area (Å²) in [7, 11) is 2.90. The molecule has 0 bridgehead atoms. The number of hydrogen-bond acceptors (Lipinski definition) is 4. The predicted octanol–water partition coefficient (Wildman–Crippen LogP) is 1.37. The number of hydrogen-bond donors (Lipinski definition) is 0. The van der Waals surface area contributed by atoms with Crippen LogP contribution in [0.3, 0.4) is 0 Å². The molecule has 1 aromatic heterocycles. The van der Waals surface area contributed by atoms with Crippen LogP contribution in [0.2, 0.25) is 0 Å². The van der Waals surface area contributed by atoms with Crippen molar-refractivity contribution < 1.29 is 14.3 Å². The summed E-state index contributed by atoms with van der Waals surface area (Å²) in [4.78, 5) is 15.4. The average molecular weight is 195 g/mol. The number of rotatable bonds is 3. The fraction of sp³-hybridized carbons (Fsp3) is 0.400. The van der Waals surface area contributed by atoms with Crippen molar-refractivity contribution in [2.75, 3.05) is 14.2 Å². The van der Waals surface area contributed by atoms with Crippen LogP contribution in [-0.4, -0.2) is 25.2 Å². The summed E-state index contributed by atoms with van der Waals surface area (Å²) in [5, 5.41) is 0. The fourth-order valence-corrected chi connectivity index (χ4v) is 1.19. The molecule has 0 spiro atoms. The second kappa shape index (κ2) is 4.60. The molecule has 1 heterocycles. The minimum Gasteiger partial charge on any atom is -0.495 e. The number of methoxy groups -OCH3 is 2. The number of carbonyl (C=O) groups excluding carboxylic acids is 1. The summed E-state index contributed by atoms with van der Waals surface area (Å²) in [5.74, 6) is -0.122. The smallest absolute Gasteiger partial charge is 0.314 e. The lowest BCUT2D eigenvalue weighted by Crippen LogP contribution is -2.13. The molecule has 0 radical (unpaired) electrons. The van der Waals surface area contributed by atoms with E-state index in [-0.39, 0.29) is 5.97 Å². The van der Waals surface area contributed by atoms with E-state index in [1.165, 1.54) is 7.11 Å². The Labute approximate surface area is 82.9 Å². The van der Waals surface area contributed by atoms with Crippen molar-refractivity contribution in [3.63, 3.8) is 0 Å². The Bertz CT molecular complexity index is 325. The summed E-state index contributed by atoms with van der Waals surface area (Å²) < 4.78 is 9.72. The number of carbonyl (C=O) groups is 1. The molecule has 4 heteroatoms. The Hall–Kier alpha value is -1.58. The van der Waals surface area contributed by atoms with Crippen molar-refractivity contribution in [3.8, 4) is 5.75 Å². The van der Waals surface area contributed by atoms with Crippen LogP contribution in [0.15, 0.2) is 18.3 Å². The van der Waals surface area contributed by atoms with E-state index in [4.69, 9.17) is 4.74 Å². The SMILES string of the molecule is COC(=O)C(C)c1ncccc1OC. The summed E-state index contributed by atoms with van der Waals surface area (Å²) >= 11 is 0. The first-order valence-electron chi connectivity index (χ1n) is 4.27. The van der Waals surface area contributed by atoms with E-state index in [9.17, 15) is 4.79 Å². The Morgan fingerprint density at radius 3 is 2.79 bits per heavy atom. The van der Waals surface area contributed by atoms with Crippen molar-refractivity contribution in [3.05, 3.63) is 24.0 Å². The lowest BCUT2D eigenvalue weighted by molar-refractivity contribution is -0.142. The number of esters is 1. The molecule has 4 nitrogen and oxygen atoms in total. The van der Waals surface area contributed by atoms with Gasteiger partial charge in [0.25, 0.3) is 0 Å². The van der Waals surface area contributed by atoms with Gasteiger partial charge in [0.15, 0.2) is 0 Å². The zero-order valence-electron chi connectivity index (χ0n) is 8.48. The van der Waals surface area contributed by atoms with Crippen LogP contribution in [0.4, 0.5) is 0 Å². The van der Waals surface area contributed by atoms with Crippen molar-refractivity contribution in [2.45, 2.75) is 12.8 Å². The zero-order chi connectivity index (χ0) is 10.6. The van der Waals surface area contributed by atoms with E-state index < -0.39 is 5.92 Å². The van der Waals surface area contributed by atoms with Crippen molar-refractivity contribution in [2.24, 2.45) is 0 Å². The highest BCUT2D eigenvalue weighted by Gasteiger charge is 2.20. The molecular formula is C10H13NO3. The topological polar surface area (TPSA) is 48.4 Å². The van der Waals surface area contributed by atoms with Crippen LogP contribution in [-0.2, 0) is 9.53 Å². The normalized spacial score (nSPS) is 11.9. The molecule has 1 unspecified atom stereocenters. The minimum atomic E-state index is -0.406. The number of nitrogens with zero attached hydrogens (tertiary/aromatic N) is 1. The van der Waals surface area contributed by atoms with Crippen LogP contribution in [0.25, 0.3) is 0 Å². The molecular weight excluding hydrogens is 182 g/mol. The summed E-state index contributed by atoms with van der Waals surface area (Å²) in [6.45, 7) is 1.73. The molecule has 14 heavy (non-hydrogen) atoms. The fourth-order valence-electron chi connectivity index (χ4n) is 1.19. The van der Waals surface area contributed by atoms with Gasteiger partial charge in [-0.2, -0.15) is 0 Å². The monoisotopic (exact) mass is 195 g/mol. The molecule has 0 aliphatic heterocycles. The maximum absolute atomic E-state index is 11.3. The highest BCUT2D eigenvalue weighted by atomic mass is 16.5. The first-order chi connectivity index (χ1) is 6.70. The Balaban J connectivity index is 2.99. The van der Waals surface area contributed by atoms with Gasteiger partial charge in [0.05, 0.1) is 25.8 Å². The van der Waals surface area contributed by atoms with Crippen molar-refractivity contribution in [1.29, 1.82) is 0 Å². The predicted molar refractivity (Wildman–Crippen MR) is 51.2 cm³/mol. The number of pyridine rings is 1. The van der Waals surface area contributed by atoms with Gasteiger partial charge in [0.1, 0.15) is 5.75 Å². The van der Waals surface area contributed by atoms with E-state index in [1.807, 2.05) is 0 Å². The van der Waals surface area contributed by atoms with E-state index in [2.05, 4.69) is 9.72 Å². The van der Waals surface area contributed by atoms with E-state index in [0.29, 0.717) is 11.4 Å². The van der Waals surface area contributed by atoms with Gasteiger partial charge in [-0.3, -0.25) is 9.78 Å². The molecule has 0 aliphatic rings. The Morgan fingerprint density at radius 1 is 1.50 bits per heavy atom. The van der Waals surface area contributed by atoms with Gasteiger partial charge >= 0.3 is 5.97 Å². The second-order valence-electron chi connectivity index (χ2n) is 2.84. The van der Waals surface area contributed by atoms with E-state index >= 15 is 0 Å². The van der Waals surface area contributed by atoms with Crippen LogP contribution >= 0.6 is 0 Å². The van der Waals surface area contributed by atoms with Crippen LogP contribution in [0.1, 0.15) is 18.5 Å². The summed E-state index contributed by atoms with van der Waals surface area (Å²) in [5.41, 5.74) is 0.599. The molecule has 0 saturated carbocycles. The molecule has 0 amide bonds. The lowest BCUT2D eigenvalue weighted by atomic mass is 10.1. The molecule has 1 atom stereocenters. The molecule has 0 N–H and O–H groups in total. The molecule has 0 aromatic carbocycles. The molecule has 0 aliphatic carbocycles. The maximum Gasteiger partial charge on any atom is 0.314 e. The number of ether oxygens (including phenoxy) is 2. The van der Waals surface area contributed by atoms with Gasteiger partial charge in [0.2, 0.25) is 0 Å². The van der Waals surface area contributed by atoms with Crippen LogP contribution in [0.5, 0.6) is 5.75 Å². The van der Waals surface area contributed by atoms with Gasteiger partial charge < -0.3 is 9.47 Å². The molecule has 1 rings (SSSR count). The molecule has 0 fully saturated rings. The first kappa shape index (κ1) is 10.5. The largest absolute Gasteiger partial charge is 0.495 e. The third kappa shape index (κ3) is 2.02. The van der Waals surface area contributed by atoms with Crippen molar-refractivity contribution >= 4 is 5.97 Å². The van der Waals surface area contributed by atoms with Crippen molar-refractivity contribution in [1.82, 2.24) is 4.98 Å². The quantitative estimate of drug-likeness (QED) is 0.683. The van der Waals surface area contributed by atoms with Gasteiger partial charge in [0, 0.05) is 6.20 Å². The highest BCUT2D eigenvalue weighted by molar-refractivity contribution is 5.77. The molecule has 76 valence electrons. The number of aromatic nitrogens is 1. The van der Waals surface area contributed by atoms with Gasteiger partial charge in [-0.25, -0.2) is 0 Å². The molecule has 0 saturated heterocycles. The average Bonchev–Trinajstić information content (AvgIpc) is 2.26. The zero-order valence-corrected chi connectivity index (χ0v) is 8.48. The van der Waals surface area contributed by atoms with Crippen LogP contribution in [0, 0.1) is 0 Å². The Morgan fingerprint density at radius 2 is 2.21 bits per heavy atom. The van der Waals surface area contributed by atoms with Gasteiger partial charge in [-0.05, 0) is 19.1 Å². The van der Waals surface area contributed by atoms with Crippen LogP contribution < -0.4 is 4.74 Å². The Kier molecular flexibility index (Phi) is 3.45. The van der Waals surface area contributed by atoms with E-state index in [1.54, 1.807) is 32.4 Å².